The number of alkyl halides is 4. The van der Waals surface area contributed by atoms with Gasteiger partial charge in [-0.2, -0.15) is 0 Å². The number of alkyl carbamates (subject to hydrolysis) is 1. The third-order valence-electron chi connectivity index (χ3n) is 8.13. The Labute approximate surface area is 352 Å². The van der Waals surface area contributed by atoms with Crippen LogP contribution >= 0.6 is 54.1 Å². The molecule has 0 radical (unpaired) electrons. The Morgan fingerprint density at radius 1 is 0.842 bits per heavy atom. The number of nitrogens with one attached hydrogen (secondary N) is 2. The molecule has 0 aliphatic rings. The van der Waals surface area contributed by atoms with Crippen LogP contribution in [-0.4, -0.2) is 133 Å². The molecule has 0 aliphatic heterocycles. The Balaban J connectivity index is 2.27. The van der Waals surface area contributed by atoms with E-state index in [1.807, 2.05) is 0 Å². The summed E-state index contributed by atoms with van der Waals surface area (Å²) in [7, 11) is -8.31. The van der Waals surface area contributed by atoms with Crippen LogP contribution in [0, 0.1) is 0 Å². The summed E-state index contributed by atoms with van der Waals surface area (Å²) in [5, 5.41) is 14.6. The Morgan fingerprint density at radius 2 is 1.39 bits per heavy atom. The molecule has 16 nitrogen and oxygen atoms in total. The molecule has 318 valence electrons. The fourth-order valence-electron chi connectivity index (χ4n) is 5.34. The lowest BCUT2D eigenvalue weighted by Crippen LogP contribution is -2.47. The van der Waals surface area contributed by atoms with Crippen molar-refractivity contribution in [3.8, 4) is 0 Å². The summed E-state index contributed by atoms with van der Waals surface area (Å²) in [4.78, 5) is 62.6. The minimum atomic E-state index is -4.32. The number of carboxylic acid groups (broad SMARTS) is 1. The second-order valence-electron chi connectivity index (χ2n) is 12.2. The van der Waals surface area contributed by atoms with Gasteiger partial charge in [-0.15, -0.1) is 46.4 Å². The minimum Gasteiger partial charge on any atom is -0.481 e. The summed E-state index contributed by atoms with van der Waals surface area (Å²) in [6.07, 6.45) is -3.78. The number of aliphatic carboxylic acids is 1. The van der Waals surface area contributed by atoms with Crippen molar-refractivity contribution in [2.45, 2.75) is 44.1 Å². The zero-order valence-corrected chi connectivity index (χ0v) is 35.6. The van der Waals surface area contributed by atoms with Gasteiger partial charge >= 0.3 is 19.7 Å². The van der Waals surface area contributed by atoms with Crippen LogP contribution in [0.25, 0.3) is 0 Å². The van der Waals surface area contributed by atoms with Crippen molar-refractivity contribution < 1.29 is 56.1 Å². The van der Waals surface area contributed by atoms with E-state index in [4.69, 9.17) is 60.4 Å². The topological polar surface area (TPSA) is 215 Å². The summed E-state index contributed by atoms with van der Waals surface area (Å²) >= 11 is 23.8. The zero-order valence-electron chi connectivity index (χ0n) is 30.9. The number of amides is 2. The highest BCUT2D eigenvalue weighted by Gasteiger charge is 2.39. The van der Waals surface area contributed by atoms with Crippen molar-refractivity contribution in [3.63, 3.8) is 0 Å². The van der Waals surface area contributed by atoms with Gasteiger partial charge < -0.3 is 24.4 Å². The second-order valence-corrected chi connectivity index (χ2v) is 18.3. The van der Waals surface area contributed by atoms with Gasteiger partial charge in [0.1, 0.15) is 12.6 Å². The number of benzene rings is 2. The van der Waals surface area contributed by atoms with Crippen LogP contribution in [0.4, 0.5) is 4.79 Å². The van der Waals surface area contributed by atoms with Gasteiger partial charge in [-0.25, -0.2) is 22.6 Å². The summed E-state index contributed by atoms with van der Waals surface area (Å²) in [5.74, 6) is -6.13. The number of hydrogen-bond acceptors (Lipinski definition) is 11. The second kappa shape index (κ2) is 26.9. The van der Waals surface area contributed by atoms with Gasteiger partial charge in [0.05, 0.1) is 24.0 Å². The fraction of sp³-hybridized carbons (Fsp3) is 0.514. The molecular weight excluding hydrogens is 873 g/mol. The molecule has 57 heavy (non-hydrogen) atoms. The number of carbonyl (C=O) groups is 5. The van der Waals surface area contributed by atoms with Crippen molar-refractivity contribution in [1.82, 2.24) is 20.0 Å². The lowest BCUT2D eigenvalue weighted by Gasteiger charge is -2.37. The molecule has 0 fully saturated rings. The van der Waals surface area contributed by atoms with Gasteiger partial charge in [0.25, 0.3) is 6.47 Å². The Bertz CT molecular complexity index is 1690. The number of hydrogen-bond donors (Lipinski definition) is 3. The Hall–Kier alpha value is -2.99. The first kappa shape index (κ1) is 50.2. The number of ketones is 1. The normalized spacial score (nSPS) is 13.4. The van der Waals surface area contributed by atoms with E-state index in [9.17, 15) is 42.1 Å². The molecule has 2 aromatic rings. The number of nitrogens with zero attached hydrogens (tertiary/aromatic N) is 2. The minimum absolute atomic E-state index is 0.0400. The SMILES string of the molecule is O=CO[C@H](CCC(=O)N[C@@H](CS(=O)(=O)CCOP(=O)(N(CCCl)CCCl)N(CCCl)CCCl)C(=O)C[C@@H](C(=O)O)c1ccccc1)NC(=O)OCc1ccccc1. The molecule has 0 spiro atoms. The van der Waals surface area contributed by atoms with Gasteiger partial charge in [-0.05, 0) is 11.1 Å². The third kappa shape index (κ3) is 18.2. The van der Waals surface area contributed by atoms with E-state index in [2.05, 4.69) is 10.6 Å². The maximum Gasteiger partial charge on any atom is 0.410 e. The van der Waals surface area contributed by atoms with E-state index in [1.165, 1.54) is 21.5 Å². The molecule has 22 heteroatoms. The highest BCUT2D eigenvalue weighted by atomic mass is 35.5. The molecule has 0 bridgehead atoms. The van der Waals surface area contributed by atoms with Gasteiger partial charge in [0.2, 0.25) is 5.91 Å². The number of halogens is 4. The van der Waals surface area contributed by atoms with Crippen molar-refractivity contribution in [2.24, 2.45) is 0 Å². The predicted octanol–water partition coefficient (Wildman–Crippen LogP) is 4.60. The smallest absolute Gasteiger partial charge is 0.410 e. The highest BCUT2D eigenvalue weighted by Crippen LogP contribution is 2.54. The van der Waals surface area contributed by atoms with E-state index in [0.717, 1.165) is 0 Å². The highest BCUT2D eigenvalue weighted by molar-refractivity contribution is 7.91. The molecule has 0 heterocycles. The molecule has 0 aliphatic carbocycles. The van der Waals surface area contributed by atoms with E-state index >= 15 is 0 Å². The van der Waals surface area contributed by atoms with Gasteiger partial charge in [0.15, 0.2) is 21.8 Å². The lowest BCUT2D eigenvalue weighted by molar-refractivity contribution is -0.141. The maximum atomic E-state index is 14.4. The number of carboxylic acids is 1. The van der Waals surface area contributed by atoms with Gasteiger partial charge in [-0.3, -0.25) is 29.1 Å². The number of sulfone groups is 1. The predicted molar refractivity (Wildman–Crippen MR) is 217 cm³/mol. The quantitative estimate of drug-likeness (QED) is 0.0423. The van der Waals surface area contributed by atoms with Crippen LogP contribution in [0.5, 0.6) is 0 Å². The zero-order chi connectivity index (χ0) is 42.3. The van der Waals surface area contributed by atoms with Crippen LogP contribution in [0.3, 0.4) is 0 Å². The summed E-state index contributed by atoms with van der Waals surface area (Å²) in [6, 6.07) is 14.7. The van der Waals surface area contributed by atoms with Gasteiger partial charge in [0, 0.05) is 69.0 Å². The summed E-state index contributed by atoms with van der Waals surface area (Å²) in [5.41, 5.74) is 0.953. The number of Topliss-reactive ketones (excluding diaryl/α,β-unsaturated/α-hetero) is 1. The number of rotatable bonds is 30. The lowest BCUT2D eigenvalue weighted by atomic mass is 9.92. The molecule has 0 saturated heterocycles. The van der Waals surface area contributed by atoms with Crippen molar-refractivity contribution >= 4 is 94.1 Å². The molecule has 3 N–H and O–H groups in total. The molecule has 2 aromatic carbocycles. The Kier molecular flexibility index (Phi) is 23.7. The van der Waals surface area contributed by atoms with Gasteiger partial charge in [-0.1, -0.05) is 60.7 Å². The molecule has 0 unspecified atom stereocenters. The third-order valence-corrected chi connectivity index (χ3v) is 13.2. The first-order chi connectivity index (χ1) is 27.2. The van der Waals surface area contributed by atoms with Crippen LogP contribution in [0.2, 0.25) is 0 Å². The van der Waals surface area contributed by atoms with E-state index in [-0.39, 0.29) is 74.8 Å². The monoisotopic (exact) mass is 918 g/mol. The van der Waals surface area contributed by atoms with E-state index in [1.54, 1.807) is 48.5 Å². The van der Waals surface area contributed by atoms with Crippen LogP contribution in [-0.2, 0) is 54.2 Å². The van der Waals surface area contributed by atoms with E-state index in [0.29, 0.717) is 5.56 Å². The number of carbonyl (C=O) groups excluding carboxylic acids is 4. The standard InChI is InChI=1S/C35H47Cl4N4O12PS/c36-13-17-42(18-14-37)56(50,43(19-15-38)20-16-39)55-21-22-57(51,52)25-30(31(45)23-29(34(47)48)28-9-5-2-6-10-28)40-32(46)11-12-33(54-26-44)41-35(49)53-24-27-7-3-1-4-8-27/h1-10,26,29-30,33H,11-25H2,(H,40,46)(H,41,49)(H,47,48)/t29-,30+,33-/m1/s1. The fourth-order valence-corrected chi connectivity index (χ4v) is 10.5. The molecule has 2 rings (SSSR count). The van der Waals surface area contributed by atoms with E-state index < -0.39 is 90.4 Å². The largest absolute Gasteiger partial charge is 0.481 e. The maximum absolute atomic E-state index is 14.4. The average Bonchev–Trinajstić information content (AvgIpc) is 3.18. The van der Waals surface area contributed by atoms with Crippen LogP contribution in [0.15, 0.2) is 60.7 Å². The Morgan fingerprint density at radius 3 is 1.89 bits per heavy atom. The molecular formula is C35H47Cl4N4O12PS. The number of ether oxygens (including phenoxy) is 2. The summed E-state index contributed by atoms with van der Waals surface area (Å²) < 4.78 is 60.0. The molecule has 3 atom stereocenters. The van der Waals surface area contributed by atoms with Crippen LogP contribution in [0.1, 0.15) is 36.3 Å². The van der Waals surface area contributed by atoms with Crippen molar-refractivity contribution in [3.05, 3.63) is 71.8 Å². The molecule has 0 aromatic heterocycles. The summed E-state index contributed by atoms with van der Waals surface area (Å²) in [6.45, 7) is -0.413. The first-order valence-electron chi connectivity index (χ1n) is 17.6. The molecule has 0 saturated carbocycles. The van der Waals surface area contributed by atoms with Crippen molar-refractivity contribution in [2.75, 3.05) is 67.8 Å². The average molecular weight is 921 g/mol. The first-order valence-corrected chi connectivity index (χ1v) is 23.1. The molecule has 2 amide bonds. The van der Waals surface area contributed by atoms with Crippen molar-refractivity contribution in [1.29, 1.82) is 0 Å². The van der Waals surface area contributed by atoms with Crippen LogP contribution < -0.4 is 10.6 Å².